The minimum atomic E-state index is -0.0674. The maximum absolute atomic E-state index is 12.5. The van der Waals surface area contributed by atoms with E-state index in [0.717, 1.165) is 29.8 Å². The van der Waals surface area contributed by atoms with Crippen LogP contribution < -0.4 is 15.5 Å². The van der Waals surface area contributed by atoms with Crippen LogP contribution in [0.2, 0.25) is 0 Å². The van der Waals surface area contributed by atoms with Crippen LogP contribution in [0.3, 0.4) is 0 Å². The van der Waals surface area contributed by atoms with Gasteiger partial charge in [-0.05, 0) is 53.6 Å². The highest BCUT2D eigenvalue weighted by Crippen LogP contribution is 2.30. The lowest BCUT2D eigenvalue weighted by molar-refractivity contribution is -0.117. The third-order valence-electron chi connectivity index (χ3n) is 5.54. The molecule has 2 aromatic carbocycles. The van der Waals surface area contributed by atoms with E-state index in [1.54, 1.807) is 11.8 Å². The fraction of sp³-hybridized carbons (Fsp3) is 0.417. The van der Waals surface area contributed by atoms with Crippen molar-refractivity contribution in [1.29, 1.82) is 0 Å². The third kappa shape index (κ3) is 5.04. The lowest BCUT2D eigenvalue weighted by atomic mass is 9.95. The Bertz CT molecular complexity index is 874. The van der Waals surface area contributed by atoms with Crippen LogP contribution in [0.25, 0.3) is 0 Å². The molecule has 29 heavy (non-hydrogen) atoms. The maximum Gasteiger partial charge on any atom is 0.238 e. The number of fused-ring (bicyclic) bond motifs is 1. The van der Waals surface area contributed by atoms with Crippen LogP contribution in [0.5, 0.6) is 0 Å². The predicted molar refractivity (Wildman–Crippen MR) is 118 cm³/mol. The van der Waals surface area contributed by atoms with E-state index in [4.69, 9.17) is 0 Å². The Morgan fingerprint density at radius 3 is 2.45 bits per heavy atom. The molecule has 1 atom stereocenters. The summed E-state index contributed by atoms with van der Waals surface area (Å²) in [6, 6.07) is 14.5. The summed E-state index contributed by atoms with van der Waals surface area (Å²) in [6.07, 6.45) is 1.84. The first kappa shape index (κ1) is 21.1. The van der Waals surface area contributed by atoms with Crippen molar-refractivity contribution < 1.29 is 9.59 Å². The number of carbonyl (C=O) groups is 2. The predicted octanol–water partition coefficient (Wildman–Crippen LogP) is 4.08. The molecule has 0 aliphatic carbocycles. The molecule has 0 bridgehead atoms. The Morgan fingerprint density at radius 2 is 1.83 bits per heavy atom. The van der Waals surface area contributed by atoms with Crippen molar-refractivity contribution in [3.63, 3.8) is 0 Å². The second kappa shape index (κ2) is 9.23. The monoisotopic (exact) mass is 393 g/mol. The highest BCUT2D eigenvalue weighted by molar-refractivity contribution is 5.96. The van der Waals surface area contributed by atoms with Crippen molar-refractivity contribution in [2.75, 3.05) is 23.3 Å². The number of anilines is 2. The van der Waals surface area contributed by atoms with Gasteiger partial charge in [0.15, 0.2) is 0 Å². The molecule has 2 aromatic rings. The van der Waals surface area contributed by atoms with Crippen LogP contribution in [0.4, 0.5) is 11.4 Å². The number of nitrogens with one attached hydrogen (secondary N) is 2. The molecule has 1 aliphatic heterocycles. The Hall–Kier alpha value is -2.66. The first-order valence-corrected chi connectivity index (χ1v) is 10.4. The fourth-order valence-corrected chi connectivity index (χ4v) is 3.91. The highest BCUT2D eigenvalue weighted by Gasteiger charge is 2.22. The molecule has 2 amide bonds. The average molecular weight is 394 g/mol. The number of hydrogen-bond acceptors (Lipinski definition) is 3. The summed E-state index contributed by atoms with van der Waals surface area (Å²) < 4.78 is 0. The summed E-state index contributed by atoms with van der Waals surface area (Å²) in [5.74, 6) is 0.353. The quantitative estimate of drug-likeness (QED) is 0.745. The Labute approximate surface area is 173 Å². The van der Waals surface area contributed by atoms with Crippen molar-refractivity contribution >= 4 is 23.2 Å². The number of carbonyl (C=O) groups excluding carboxylic acids is 2. The van der Waals surface area contributed by atoms with Gasteiger partial charge in [0.2, 0.25) is 11.8 Å². The molecular formula is C24H31N3O2. The summed E-state index contributed by atoms with van der Waals surface area (Å²) in [4.78, 5) is 26.0. The minimum Gasteiger partial charge on any atom is -0.325 e. The maximum atomic E-state index is 12.5. The lowest BCUT2D eigenvalue weighted by Gasteiger charge is -2.23. The minimum absolute atomic E-state index is 0.0523. The summed E-state index contributed by atoms with van der Waals surface area (Å²) in [5.41, 5.74) is 5.33. The molecule has 0 saturated carbocycles. The van der Waals surface area contributed by atoms with E-state index in [-0.39, 0.29) is 24.4 Å². The van der Waals surface area contributed by atoms with Gasteiger partial charge >= 0.3 is 0 Å². The summed E-state index contributed by atoms with van der Waals surface area (Å²) >= 11 is 0. The molecule has 1 heterocycles. The van der Waals surface area contributed by atoms with Gasteiger partial charge in [-0.2, -0.15) is 0 Å². The molecule has 0 saturated heterocycles. The normalized spacial score (nSPS) is 14.0. The average Bonchev–Trinajstić information content (AvgIpc) is 3.12. The van der Waals surface area contributed by atoms with Gasteiger partial charge in [0.05, 0.1) is 6.54 Å². The van der Waals surface area contributed by atoms with Crippen LogP contribution in [-0.4, -0.2) is 24.9 Å². The number of amides is 2. The Morgan fingerprint density at radius 1 is 1.10 bits per heavy atom. The van der Waals surface area contributed by atoms with Crippen molar-refractivity contribution in [2.24, 2.45) is 5.92 Å². The van der Waals surface area contributed by atoms with Gasteiger partial charge in [0, 0.05) is 30.9 Å². The first-order chi connectivity index (χ1) is 13.9. The van der Waals surface area contributed by atoms with Crippen molar-refractivity contribution in [1.82, 2.24) is 5.32 Å². The number of aryl methyl sites for hydroxylation is 1. The van der Waals surface area contributed by atoms with E-state index in [9.17, 15) is 9.59 Å². The van der Waals surface area contributed by atoms with Gasteiger partial charge in [-0.15, -0.1) is 0 Å². The van der Waals surface area contributed by atoms with Crippen LogP contribution >= 0.6 is 0 Å². The van der Waals surface area contributed by atoms with Crippen LogP contribution in [0.1, 0.15) is 50.4 Å². The van der Waals surface area contributed by atoms with Gasteiger partial charge in [-0.3, -0.25) is 9.59 Å². The summed E-state index contributed by atoms with van der Waals surface area (Å²) in [6.45, 7) is 8.99. The Kier molecular flexibility index (Phi) is 6.70. The van der Waals surface area contributed by atoms with E-state index in [0.29, 0.717) is 12.5 Å². The van der Waals surface area contributed by atoms with Gasteiger partial charge in [-0.25, -0.2) is 0 Å². The molecule has 0 unspecified atom stereocenters. The van der Waals surface area contributed by atoms with Crippen LogP contribution in [0.15, 0.2) is 42.5 Å². The molecule has 1 aliphatic rings. The van der Waals surface area contributed by atoms with E-state index < -0.39 is 0 Å². The van der Waals surface area contributed by atoms with Gasteiger partial charge in [0.25, 0.3) is 0 Å². The second-order valence-electron chi connectivity index (χ2n) is 8.01. The molecule has 3 rings (SSSR count). The lowest BCUT2D eigenvalue weighted by Crippen LogP contribution is -2.33. The molecule has 0 aromatic heterocycles. The van der Waals surface area contributed by atoms with E-state index in [1.165, 1.54) is 11.1 Å². The molecule has 0 radical (unpaired) electrons. The Balaban J connectivity index is 1.60. The summed E-state index contributed by atoms with van der Waals surface area (Å²) in [7, 11) is 0. The molecule has 5 nitrogen and oxygen atoms in total. The number of nitrogens with zero attached hydrogens (tertiary/aromatic N) is 1. The molecule has 0 fully saturated rings. The van der Waals surface area contributed by atoms with Crippen LogP contribution in [-0.2, 0) is 22.4 Å². The zero-order valence-electron chi connectivity index (χ0n) is 17.8. The molecular weight excluding hydrogens is 362 g/mol. The molecule has 2 N–H and O–H groups in total. The largest absolute Gasteiger partial charge is 0.325 e. The van der Waals surface area contributed by atoms with Gasteiger partial charge < -0.3 is 15.5 Å². The zero-order valence-corrected chi connectivity index (χ0v) is 17.8. The fourth-order valence-electron chi connectivity index (χ4n) is 3.91. The smallest absolute Gasteiger partial charge is 0.238 e. The number of benzene rings is 2. The molecule has 0 spiro atoms. The first-order valence-electron chi connectivity index (χ1n) is 10.4. The topological polar surface area (TPSA) is 61.4 Å². The zero-order chi connectivity index (χ0) is 21.0. The third-order valence-corrected chi connectivity index (χ3v) is 5.54. The van der Waals surface area contributed by atoms with Crippen LogP contribution in [0, 0.1) is 5.92 Å². The van der Waals surface area contributed by atoms with E-state index in [1.807, 2.05) is 18.2 Å². The number of rotatable bonds is 7. The second-order valence-corrected chi connectivity index (χ2v) is 8.01. The highest BCUT2D eigenvalue weighted by atomic mass is 16.2. The van der Waals surface area contributed by atoms with Crippen molar-refractivity contribution in [2.45, 2.75) is 46.6 Å². The number of hydrogen-bond donors (Lipinski definition) is 2. The van der Waals surface area contributed by atoms with E-state index >= 15 is 0 Å². The molecule has 5 heteroatoms. The van der Waals surface area contributed by atoms with Gasteiger partial charge in [-0.1, -0.05) is 45.0 Å². The SMILES string of the molecule is CCc1ccc([C@@H](NCC(=O)Nc2ccc3c(c2)CCN3C(C)=O)C(C)C)cc1. The van der Waals surface area contributed by atoms with Crippen molar-refractivity contribution in [3.05, 3.63) is 59.2 Å². The molecule has 154 valence electrons. The van der Waals surface area contributed by atoms with Crippen molar-refractivity contribution in [3.8, 4) is 0 Å². The summed E-state index contributed by atoms with van der Waals surface area (Å²) in [5, 5.41) is 6.38. The van der Waals surface area contributed by atoms with E-state index in [2.05, 4.69) is 55.7 Å². The standard InChI is InChI=1S/C24H31N3O2/c1-5-18-6-8-19(9-7-18)24(16(2)3)25-15-23(29)26-21-10-11-22-20(14-21)12-13-27(22)17(4)28/h6-11,14,16,24-25H,5,12-13,15H2,1-4H3,(H,26,29)/t24-/m0/s1. The van der Waals surface area contributed by atoms with Gasteiger partial charge in [0.1, 0.15) is 0 Å².